The molecule has 48 heteroatoms. The SMILES string of the molecule is CC1(F)CCCN(C(=O)Nc2ccc3c(c2)c(C(N)=O)nn3CC(=O)N2C3C[C@@H]3C[C@H]2C(=O)Nc2cccc(OC(F)(F)F)c2F)C1.NC(=O)c1nn(CC(=O)N2C3C[C@@H]3C[C@H]2C(=O)Nc2cccc(Br)n2)c2ccc(NC(=O)N3CCCC(F)(F)C3)cc12.NC(=O)c1nn(CC(=O)N2C[C@H](F)C[C@H]2C(=O)Nc2cccc(Br)n2)c2ccc(NC(=O)N3CCCC(F)(F)C3)cc12. The van der Waals surface area contributed by atoms with Gasteiger partial charge in [-0.25, -0.2) is 55.1 Å². The molecule has 2 saturated carbocycles. The number of anilines is 6. The molecule has 3 unspecified atom stereocenters. The molecule has 6 aliphatic heterocycles. The van der Waals surface area contributed by atoms with Crippen LogP contribution in [0.3, 0.4) is 0 Å². The molecule has 0 spiro atoms. The number of piperidine rings is 5. The molecule has 12 N–H and O–H groups in total. The van der Waals surface area contributed by atoms with Gasteiger partial charge in [-0.2, -0.15) is 15.3 Å². The third-order valence-corrected chi connectivity index (χ3v) is 24.4. The number of urea groups is 3. The van der Waals surface area contributed by atoms with Gasteiger partial charge in [-0.05, 0) is 193 Å². The number of halogens is 12. The second kappa shape index (κ2) is 36.9. The minimum Gasteiger partial charge on any atom is -0.403 e. The minimum atomic E-state index is -5.15. The van der Waals surface area contributed by atoms with Crippen LogP contribution < -0.4 is 53.8 Å². The van der Waals surface area contributed by atoms with Crippen molar-refractivity contribution >= 4 is 170 Å². The molecule has 131 heavy (non-hydrogen) atoms. The summed E-state index contributed by atoms with van der Waals surface area (Å²) in [5, 5.41) is 28.9. The molecular formula is C83H83Br2F10N23O13. The summed E-state index contributed by atoms with van der Waals surface area (Å²) in [5.74, 6) is -13.5. The van der Waals surface area contributed by atoms with Crippen molar-refractivity contribution in [1.82, 2.24) is 68.7 Å². The van der Waals surface area contributed by atoms with Crippen LogP contribution in [0.4, 0.5) is 92.7 Å². The maximum Gasteiger partial charge on any atom is 0.573 e. The van der Waals surface area contributed by atoms with Gasteiger partial charge in [0.25, 0.3) is 29.6 Å². The number of rotatable bonds is 19. The van der Waals surface area contributed by atoms with Crippen LogP contribution in [0.25, 0.3) is 32.7 Å². The summed E-state index contributed by atoms with van der Waals surface area (Å²) >= 11 is 6.48. The van der Waals surface area contributed by atoms with Crippen molar-refractivity contribution in [2.24, 2.45) is 29.0 Å². The molecule has 17 rings (SSSR count). The number of hydrogen-bond acceptors (Lipinski definition) is 18. The first-order chi connectivity index (χ1) is 62.0. The fraction of sp³-hybridized carbons (Fsp3) is 0.410. The molecule has 5 aromatic heterocycles. The number of pyridine rings is 2. The lowest BCUT2D eigenvalue weighted by Crippen LogP contribution is -2.47. The van der Waals surface area contributed by atoms with Crippen LogP contribution in [0.5, 0.6) is 5.75 Å². The number of primary amides is 3. The van der Waals surface area contributed by atoms with E-state index in [-0.39, 0.29) is 163 Å². The number of carbonyl (C=O) groups is 12. The minimum absolute atomic E-state index is 0.0105. The maximum atomic E-state index is 14.7. The van der Waals surface area contributed by atoms with Crippen molar-refractivity contribution in [3.8, 4) is 5.75 Å². The lowest BCUT2D eigenvalue weighted by Gasteiger charge is -2.35. The van der Waals surface area contributed by atoms with E-state index in [0.29, 0.717) is 63.8 Å². The summed E-state index contributed by atoms with van der Waals surface area (Å²) < 4.78 is 145. The van der Waals surface area contributed by atoms with E-state index in [1.807, 2.05) is 0 Å². The zero-order valence-corrected chi connectivity index (χ0v) is 72.4. The predicted octanol–water partition coefficient (Wildman–Crippen LogP) is 10.5. The highest BCUT2D eigenvalue weighted by molar-refractivity contribution is 9.10. The van der Waals surface area contributed by atoms with Crippen LogP contribution in [0, 0.1) is 17.7 Å². The van der Waals surface area contributed by atoms with Gasteiger partial charge in [0.2, 0.25) is 35.4 Å². The van der Waals surface area contributed by atoms with E-state index in [0.717, 1.165) is 39.3 Å². The summed E-state index contributed by atoms with van der Waals surface area (Å²) in [5.41, 5.74) is 15.9. The average molecular weight is 1960 g/mol. The number of nitrogens with two attached hydrogens (primary N) is 3. The normalized spacial score (nSPS) is 22.1. The molecule has 0 radical (unpaired) electrons. The molecule has 8 fully saturated rings. The summed E-state index contributed by atoms with van der Waals surface area (Å²) in [6, 6.07) is 21.3. The molecular weight excluding hydrogens is 1880 g/mol. The van der Waals surface area contributed by atoms with E-state index >= 15 is 0 Å². The quantitative estimate of drug-likeness (QED) is 0.0268. The van der Waals surface area contributed by atoms with Gasteiger partial charge in [0.05, 0.1) is 48.4 Å². The summed E-state index contributed by atoms with van der Waals surface area (Å²) in [4.78, 5) is 170. The maximum absolute atomic E-state index is 14.7. The molecule has 9 aromatic rings. The topological polar surface area (TPSA) is 463 Å². The number of carbonyl (C=O) groups excluding carboxylic acids is 12. The number of ether oxygens (including phenoxy) is 1. The lowest BCUT2D eigenvalue weighted by atomic mass is 9.97. The van der Waals surface area contributed by atoms with Gasteiger partial charge in [-0.15, -0.1) is 13.2 Å². The first-order valence-electron chi connectivity index (χ1n) is 41.3. The van der Waals surface area contributed by atoms with Crippen LogP contribution in [0.1, 0.15) is 109 Å². The molecule has 692 valence electrons. The number of hydrogen-bond donors (Lipinski definition) is 9. The van der Waals surface area contributed by atoms with Crippen LogP contribution in [-0.4, -0.2) is 246 Å². The average Bonchev–Trinajstić information content (AvgIpc) is 1.58. The highest BCUT2D eigenvalue weighted by Crippen LogP contribution is 2.50. The molecule has 9 atom stereocenters. The van der Waals surface area contributed by atoms with E-state index < -0.39 is 151 Å². The summed E-state index contributed by atoms with van der Waals surface area (Å²) in [7, 11) is 0. The van der Waals surface area contributed by atoms with Gasteiger partial charge in [-0.3, -0.25) is 57.2 Å². The molecule has 6 saturated heterocycles. The number of nitrogens with zero attached hydrogens (tertiary/aromatic N) is 14. The molecule has 8 aliphatic rings. The van der Waals surface area contributed by atoms with Gasteiger partial charge in [0.15, 0.2) is 28.6 Å². The Labute approximate surface area is 752 Å². The molecule has 36 nitrogen and oxygen atoms in total. The Morgan fingerprint density at radius 2 is 0.870 bits per heavy atom. The summed E-state index contributed by atoms with van der Waals surface area (Å²) in [6.07, 6.45) is -3.90. The van der Waals surface area contributed by atoms with E-state index in [1.54, 1.807) is 47.4 Å². The Morgan fingerprint density at radius 3 is 1.27 bits per heavy atom. The Bertz CT molecular complexity index is 6040. The lowest BCUT2D eigenvalue weighted by molar-refractivity contribution is -0.275. The first-order valence-corrected chi connectivity index (χ1v) is 42.9. The van der Waals surface area contributed by atoms with E-state index in [2.05, 4.69) is 93.8 Å². The number of alkyl halides is 9. The highest BCUT2D eigenvalue weighted by Gasteiger charge is 2.58. The van der Waals surface area contributed by atoms with Gasteiger partial charge >= 0.3 is 24.5 Å². The number of amides is 15. The second-order valence-electron chi connectivity index (χ2n) is 33.2. The monoisotopic (exact) mass is 1960 g/mol. The van der Waals surface area contributed by atoms with Gasteiger partial charge < -0.3 is 83.2 Å². The molecule has 11 heterocycles. The highest BCUT2D eigenvalue weighted by atomic mass is 79.9. The largest absolute Gasteiger partial charge is 0.573 e. The predicted molar refractivity (Wildman–Crippen MR) is 456 cm³/mol. The Balaban J connectivity index is 0.000000151. The van der Waals surface area contributed by atoms with Gasteiger partial charge in [0.1, 0.15) is 70.4 Å². The molecule has 0 bridgehead atoms. The molecule has 2 aliphatic carbocycles. The number of fused-ring (bicyclic) bond motifs is 5. The fourth-order valence-corrected chi connectivity index (χ4v) is 18.1. The van der Waals surface area contributed by atoms with Crippen molar-refractivity contribution in [3.63, 3.8) is 0 Å². The van der Waals surface area contributed by atoms with Crippen molar-refractivity contribution < 1.29 is 106 Å². The van der Waals surface area contributed by atoms with Gasteiger partial charge in [0, 0.05) is 84.2 Å². The third kappa shape index (κ3) is 21.3. The number of aromatic nitrogens is 8. The first kappa shape index (κ1) is 92.4. The smallest absolute Gasteiger partial charge is 0.403 e. The van der Waals surface area contributed by atoms with Crippen molar-refractivity contribution in [1.29, 1.82) is 0 Å². The zero-order valence-electron chi connectivity index (χ0n) is 69.2. The summed E-state index contributed by atoms with van der Waals surface area (Å²) in [6.45, 7) is -0.673. The molecule has 15 amide bonds. The Hall–Kier alpha value is -13.3. The van der Waals surface area contributed by atoms with E-state index in [4.69, 9.17) is 17.2 Å². The fourth-order valence-electron chi connectivity index (χ4n) is 17.4. The van der Waals surface area contributed by atoms with Crippen LogP contribution >= 0.6 is 31.9 Å². The van der Waals surface area contributed by atoms with E-state index in [1.165, 1.54) is 79.3 Å². The zero-order chi connectivity index (χ0) is 93.8. The van der Waals surface area contributed by atoms with E-state index in [9.17, 15) is 101 Å². The van der Waals surface area contributed by atoms with Crippen LogP contribution in [0.15, 0.2) is 118 Å². The molecule has 4 aromatic carbocycles. The Morgan fingerprint density at radius 1 is 0.481 bits per heavy atom. The van der Waals surface area contributed by atoms with Crippen LogP contribution in [0.2, 0.25) is 0 Å². The Kier molecular flexibility index (Phi) is 26.0. The third-order valence-electron chi connectivity index (χ3n) is 23.5. The van der Waals surface area contributed by atoms with Crippen molar-refractivity contribution in [3.05, 3.63) is 141 Å². The second-order valence-corrected chi connectivity index (χ2v) is 34.9. The number of nitrogens with one attached hydrogen (secondary N) is 6. The standard InChI is InChI=1S/C30H30F5N7O5.C27H27BrF2N8O4.C26H26BrF3N8O4/c1-29(32)8-3-9-40(14-29)28(46)37-16-6-7-19-17(12-16)25(26(36)44)39-41(19)13-23(43)42-20-10-15(20)11-21(42)27(45)38-18-4-2-5-22(24(18)31)47-30(33,34)35;28-20-3-1-4-21(33-20)34-25(41)19-10-14-9-18(14)38(19)22(39)12-37-17-6-5-15(11-16(17)23(35-37)24(31)40)32-26(42)36-8-2-7-27(29,30)13-36;27-19-3-1-4-20(33-19)34-24(41)18-9-14(28)11-37(18)21(39)12-38-17-6-5-15(10-16(17)22(35-38)23(31)40)32-25(42)36-8-2-7-26(29,30)13-36/h2,4-7,12,15,20-21H,3,8-11,13-14H2,1H3,(H2,36,44)(H,37,46)(H,38,45);1,3-6,11,14,18-19H,2,7-10,12-13H2,(H2,31,40)(H,32,42)(H,33,34,41);1,3-6,10,14,18H,2,7-9,11-13H2,(H2,31,40)(H,32,42)(H,33,34,41)/t15-,20?,21+,29?;14-,18?,19+;14-,18+/m111/s1. The van der Waals surface area contributed by atoms with Crippen LogP contribution in [-0.2, 0) is 48.4 Å². The van der Waals surface area contributed by atoms with Gasteiger partial charge in [-0.1, -0.05) is 18.2 Å². The number of benzene rings is 4. The number of likely N-dealkylation sites (tertiary alicyclic amines) is 6. The van der Waals surface area contributed by atoms with Crippen molar-refractivity contribution in [2.45, 2.75) is 157 Å². The van der Waals surface area contributed by atoms with Crippen molar-refractivity contribution in [2.75, 3.05) is 77.7 Å².